The molecule has 1 aromatic heterocycles. The second-order valence-corrected chi connectivity index (χ2v) is 7.22. The van der Waals surface area contributed by atoms with Crippen LogP contribution in [0.3, 0.4) is 0 Å². The summed E-state index contributed by atoms with van der Waals surface area (Å²) in [5.74, 6) is 2.59. The van der Waals surface area contributed by atoms with Crippen LogP contribution in [0.1, 0.15) is 43.1 Å². The molecule has 2 unspecified atom stereocenters. The van der Waals surface area contributed by atoms with Crippen LogP contribution in [0.15, 0.2) is 35.3 Å². The number of hydrogen-bond donors (Lipinski definition) is 2. The molecule has 0 bridgehead atoms. The molecule has 9 heteroatoms. The SMILES string of the molecule is CN=C(NCCCOC(C)c1ccccc1)NC1CCc2nc(COC)nn2C1.I. The van der Waals surface area contributed by atoms with Gasteiger partial charge in [0.15, 0.2) is 11.8 Å². The summed E-state index contributed by atoms with van der Waals surface area (Å²) in [5, 5.41) is 11.4. The summed E-state index contributed by atoms with van der Waals surface area (Å²) < 4.78 is 13.0. The lowest BCUT2D eigenvalue weighted by Crippen LogP contribution is -2.47. The van der Waals surface area contributed by atoms with Gasteiger partial charge in [-0.2, -0.15) is 5.10 Å². The van der Waals surface area contributed by atoms with E-state index in [2.05, 4.69) is 44.8 Å². The maximum absolute atomic E-state index is 5.93. The third kappa shape index (κ3) is 7.21. The van der Waals surface area contributed by atoms with Crippen LogP contribution in [0, 0.1) is 0 Å². The zero-order valence-electron chi connectivity index (χ0n) is 18.0. The van der Waals surface area contributed by atoms with Crippen LogP contribution in [0.5, 0.6) is 0 Å². The molecular formula is C21H33IN6O2. The molecule has 166 valence electrons. The van der Waals surface area contributed by atoms with Gasteiger partial charge in [0.2, 0.25) is 0 Å². The Balaban J connectivity index is 0.00000320. The van der Waals surface area contributed by atoms with Crippen molar-refractivity contribution in [3.63, 3.8) is 0 Å². The fourth-order valence-corrected chi connectivity index (χ4v) is 3.42. The van der Waals surface area contributed by atoms with Gasteiger partial charge >= 0.3 is 0 Å². The number of nitrogens with zero attached hydrogens (tertiary/aromatic N) is 4. The highest BCUT2D eigenvalue weighted by molar-refractivity contribution is 14.0. The van der Waals surface area contributed by atoms with Gasteiger partial charge in [0.05, 0.1) is 12.6 Å². The summed E-state index contributed by atoms with van der Waals surface area (Å²) in [4.78, 5) is 8.86. The molecule has 0 amide bonds. The highest BCUT2D eigenvalue weighted by Gasteiger charge is 2.22. The molecule has 0 fully saturated rings. The molecular weight excluding hydrogens is 495 g/mol. The molecule has 1 aromatic carbocycles. The summed E-state index contributed by atoms with van der Waals surface area (Å²) >= 11 is 0. The summed E-state index contributed by atoms with van der Waals surface area (Å²) in [7, 11) is 3.46. The number of guanidine groups is 1. The van der Waals surface area contributed by atoms with Gasteiger partial charge in [-0.05, 0) is 25.3 Å². The van der Waals surface area contributed by atoms with Crippen molar-refractivity contribution in [2.45, 2.75) is 51.5 Å². The number of aliphatic imine (C=N–C) groups is 1. The van der Waals surface area contributed by atoms with E-state index in [4.69, 9.17) is 9.47 Å². The number of aryl methyl sites for hydroxylation is 1. The average Bonchev–Trinajstić information content (AvgIpc) is 3.15. The Labute approximate surface area is 195 Å². The third-order valence-corrected chi connectivity index (χ3v) is 4.99. The van der Waals surface area contributed by atoms with Crippen molar-refractivity contribution < 1.29 is 9.47 Å². The predicted octanol–water partition coefficient (Wildman–Crippen LogP) is 2.69. The van der Waals surface area contributed by atoms with Crippen molar-refractivity contribution in [2.75, 3.05) is 27.3 Å². The van der Waals surface area contributed by atoms with Crippen LogP contribution in [-0.2, 0) is 29.0 Å². The summed E-state index contributed by atoms with van der Waals surface area (Å²) in [6, 6.07) is 10.6. The van der Waals surface area contributed by atoms with E-state index in [0.717, 1.165) is 50.0 Å². The van der Waals surface area contributed by atoms with Crippen LogP contribution in [0.25, 0.3) is 0 Å². The van der Waals surface area contributed by atoms with E-state index in [9.17, 15) is 0 Å². The number of ether oxygens (including phenoxy) is 2. The molecule has 0 saturated heterocycles. The molecule has 8 nitrogen and oxygen atoms in total. The molecule has 0 aliphatic carbocycles. The largest absolute Gasteiger partial charge is 0.377 e. The first kappa shape index (κ1) is 24.5. The Hall–Kier alpha value is -1.72. The molecule has 0 saturated carbocycles. The third-order valence-electron chi connectivity index (χ3n) is 4.99. The average molecular weight is 528 g/mol. The number of rotatable bonds is 9. The molecule has 30 heavy (non-hydrogen) atoms. The summed E-state index contributed by atoms with van der Waals surface area (Å²) in [5.41, 5.74) is 1.20. The van der Waals surface area contributed by atoms with E-state index in [1.807, 2.05) is 22.9 Å². The van der Waals surface area contributed by atoms with E-state index in [0.29, 0.717) is 13.2 Å². The quantitative estimate of drug-likeness (QED) is 0.225. The minimum Gasteiger partial charge on any atom is -0.377 e. The van der Waals surface area contributed by atoms with Crippen molar-refractivity contribution in [1.82, 2.24) is 25.4 Å². The molecule has 0 radical (unpaired) electrons. The maximum atomic E-state index is 5.93. The van der Waals surface area contributed by atoms with E-state index in [1.54, 1.807) is 14.2 Å². The number of fused-ring (bicyclic) bond motifs is 1. The molecule has 0 spiro atoms. The van der Waals surface area contributed by atoms with Crippen LogP contribution in [0.2, 0.25) is 0 Å². The fraction of sp³-hybridized carbons (Fsp3) is 0.571. The first-order valence-electron chi connectivity index (χ1n) is 10.2. The van der Waals surface area contributed by atoms with Gasteiger partial charge in [-0.1, -0.05) is 30.3 Å². The molecule has 2 atom stereocenters. The van der Waals surface area contributed by atoms with E-state index in [-0.39, 0.29) is 36.1 Å². The van der Waals surface area contributed by atoms with Crippen LogP contribution < -0.4 is 10.6 Å². The lowest BCUT2D eigenvalue weighted by Gasteiger charge is -2.25. The number of benzene rings is 1. The lowest BCUT2D eigenvalue weighted by atomic mass is 10.1. The number of nitrogens with one attached hydrogen (secondary N) is 2. The molecule has 1 aliphatic rings. The maximum Gasteiger partial charge on any atom is 0.191 e. The van der Waals surface area contributed by atoms with E-state index >= 15 is 0 Å². The normalized spacial score (nSPS) is 17.0. The van der Waals surface area contributed by atoms with Crippen molar-refractivity contribution >= 4 is 29.9 Å². The summed E-state index contributed by atoms with van der Waals surface area (Å²) in [6.45, 7) is 4.83. The Bertz CT molecular complexity index is 783. The van der Waals surface area contributed by atoms with Crippen LogP contribution >= 0.6 is 24.0 Å². The highest BCUT2D eigenvalue weighted by atomic mass is 127. The van der Waals surface area contributed by atoms with Crippen LogP contribution in [-0.4, -0.2) is 54.1 Å². The van der Waals surface area contributed by atoms with Gasteiger partial charge < -0.3 is 20.1 Å². The van der Waals surface area contributed by atoms with Crippen molar-refractivity contribution in [3.05, 3.63) is 47.5 Å². The number of aromatic nitrogens is 3. The van der Waals surface area contributed by atoms with Crippen LogP contribution in [0.4, 0.5) is 0 Å². The lowest BCUT2D eigenvalue weighted by molar-refractivity contribution is 0.0646. The Morgan fingerprint density at radius 1 is 1.33 bits per heavy atom. The van der Waals surface area contributed by atoms with Gasteiger partial charge in [0, 0.05) is 39.8 Å². The first-order valence-corrected chi connectivity index (χ1v) is 10.2. The van der Waals surface area contributed by atoms with Gasteiger partial charge in [-0.3, -0.25) is 4.99 Å². The number of methoxy groups -OCH3 is 1. The minimum atomic E-state index is 0. The zero-order valence-corrected chi connectivity index (χ0v) is 20.3. The molecule has 3 rings (SSSR count). The predicted molar refractivity (Wildman–Crippen MR) is 128 cm³/mol. The second kappa shape index (κ2) is 12.9. The van der Waals surface area contributed by atoms with Gasteiger partial charge in [0.25, 0.3) is 0 Å². The molecule has 1 aliphatic heterocycles. The minimum absolute atomic E-state index is 0. The molecule has 2 heterocycles. The topological polar surface area (TPSA) is 85.6 Å². The fourth-order valence-electron chi connectivity index (χ4n) is 3.42. The number of hydrogen-bond acceptors (Lipinski definition) is 5. The Morgan fingerprint density at radius 2 is 2.13 bits per heavy atom. The molecule has 2 N–H and O–H groups in total. The smallest absolute Gasteiger partial charge is 0.191 e. The van der Waals surface area contributed by atoms with Crippen molar-refractivity contribution in [1.29, 1.82) is 0 Å². The monoisotopic (exact) mass is 528 g/mol. The summed E-state index contributed by atoms with van der Waals surface area (Å²) in [6.07, 6.45) is 2.92. The van der Waals surface area contributed by atoms with E-state index in [1.165, 1.54) is 5.56 Å². The Kier molecular flexibility index (Phi) is 10.5. The van der Waals surface area contributed by atoms with Gasteiger partial charge in [0.1, 0.15) is 12.4 Å². The van der Waals surface area contributed by atoms with E-state index < -0.39 is 0 Å². The Morgan fingerprint density at radius 3 is 2.87 bits per heavy atom. The number of halogens is 1. The highest BCUT2D eigenvalue weighted by Crippen LogP contribution is 2.16. The first-order chi connectivity index (χ1) is 14.2. The van der Waals surface area contributed by atoms with Gasteiger partial charge in [-0.15, -0.1) is 24.0 Å². The van der Waals surface area contributed by atoms with Crippen molar-refractivity contribution in [2.24, 2.45) is 4.99 Å². The zero-order chi connectivity index (χ0) is 20.5. The van der Waals surface area contributed by atoms with Gasteiger partial charge in [-0.25, -0.2) is 9.67 Å². The van der Waals surface area contributed by atoms with Crippen molar-refractivity contribution in [3.8, 4) is 0 Å². The standard InChI is InChI=1S/C21H32N6O2.HI/c1-16(17-8-5-4-6-9-17)29-13-7-12-23-21(22-2)24-18-10-11-20-25-19(15-28-3)26-27(20)14-18;/h4-6,8-9,16,18H,7,10-15H2,1-3H3,(H2,22,23,24);1H. The second-order valence-electron chi connectivity index (χ2n) is 7.22. The molecule has 2 aromatic rings.